The van der Waals surface area contributed by atoms with Gasteiger partial charge in [-0.1, -0.05) is 0 Å². The maximum atomic E-state index is 11.5. The van der Waals surface area contributed by atoms with Gasteiger partial charge in [0.15, 0.2) is 0 Å². The lowest BCUT2D eigenvalue weighted by molar-refractivity contribution is -0.153. The van der Waals surface area contributed by atoms with Crippen molar-refractivity contribution in [3.05, 3.63) is 15.9 Å². The second-order valence-corrected chi connectivity index (χ2v) is 4.49. The molecule has 0 radical (unpaired) electrons. The smallest absolute Gasteiger partial charge is 0.397 e. The molecule has 6 heteroatoms. The molecule has 0 atom stereocenters. The number of amides is 1. The van der Waals surface area contributed by atoms with E-state index in [9.17, 15) is 9.59 Å². The van der Waals surface area contributed by atoms with Crippen molar-refractivity contribution in [3.8, 4) is 0 Å². The van der Waals surface area contributed by atoms with Gasteiger partial charge in [0.1, 0.15) is 0 Å². The van der Waals surface area contributed by atoms with E-state index in [4.69, 9.17) is 0 Å². The second-order valence-electron chi connectivity index (χ2n) is 2.69. The fraction of sp³-hybridized carbons (Fsp3) is 0.333. The summed E-state index contributed by atoms with van der Waals surface area (Å²) in [6.45, 7) is 1.86. The summed E-state index contributed by atoms with van der Waals surface area (Å²) < 4.78 is 5.50. The molecule has 1 heterocycles. The number of nitrogens with zero attached hydrogens (tertiary/aromatic N) is 1. The first-order valence-electron chi connectivity index (χ1n) is 4.25. The third kappa shape index (κ3) is 3.04. The van der Waals surface area contributed by atoms with Crippen LogP contribution in [-0.2, 0) is 14.3 Å². The molecule has 0 N–H and O–H groups in total. The molecule has 4 nitrogen and oxygen atoms in total. The molecule has 0 aliphatic rings. The molecular weight excluding hydrogens is 282 g/mol. The third-order valence-corrected chi connectivity index (χ3v) is 3.40. The van der Waals surface area contributed by atoms with E-state index in [0.29, 0.717) is 5.00 Å². The molecule has 15 heavy (non-hydrogen) atoms. The highest BCUT2D eigenvalue weighted by molar-refractivity contribution is 9.10. The lowest BCUT2D eigenvalue weighted by Gasteiger charge is -2.12. The highest BCUT2D eigenvalue weighted by Gasteiger charge is 2.21. The van der Waals surface area contributed by atoms with Gasteiger partial charge in [-0.05, 0) is 28.9 Å². The fourth-order valence-corrected chi connectivity index (χ4v) is 2.29. The van der Waals surface area contributed by atoms with Gasteiger partial charge in [0.05, 0.1) is 11.6 Å². The highest BCUT2D eigenvalue weighted by Crippen LogP contribution is 2.27. The van der Waals surface area contributed by atoms with Crippen LogP contribution in [0.15, 0.2) is 15.9 Å². The number of carbonyl (C=O) groups is 2. The molecule has 0 spiro atoms. The molecule has 1 aromatic rings. The first-order chi connectivity index (χ1) is 7.06. The van der Waals surface area contributed by atoms with Crippen LogP contribution >= 0.6 is 27.3 Å². The summed E-state index contributed by atoms with van der Waals surface area (Å²) in [7, 11) is 1.54. The fourth-order valence-electron chi connectivity index (χ4n) is 0.908. The average Bonchev–Trinajstić information content (AvgIpc) is 2.63. The van der Waals surface area contributed by atoms with Gasteiger partial charge in [-0.3, -0.25) is 9.69 Å². The van der Waals surface area contributed by atoms with Gasteiger partial charge < -0.3 is 4.74 Å². The van der Waals surface area contributed by atoms with Crippen LogP contribution < -0.4 is 4.90 Å². The van der Waals surface area contributed by atoms with E-state index >= 15 is 0 Å². The van der Waals surface area contributed by atoms with Crippen molar-refractivity contribution in [2.45, 2.75) is 6.92 Å². The number of hydrogen-bond acceptors (Lipinski definition) is 4. The lowest BCUT2D eigenvalue weighted by Crippen LogP contribution is -2.34. The predicted octanol–water partition coefficient (Wildman–Crippen LogP) is 2.04. The Morgan fingerprint density at radius 1 is 1.60 bits per heavy atom. The number of anilines is 1. The molecular formula is C9H10BrNO3S. The molecule has 0 unspecified atom stereocenters. The zero-order chi connectivity index (χ0) is 11.4. The average molecular weight is 292 g/mol. The Labute approximate surface area is 100.0 Å². The minimum atomic E-state index is -0.829. The van der Waals surface area contributed by atoms with Crippen molar-refractivity contribution in [1.29, 1.82) is 0 Å². The first kappa shape index (κ1) is 12.2. The molecule has 1 rings (SSSR count). The van der Waals surface area contributed by atoms with Gasteiger partial charge in [-0.25, -0.2) is 4.79 Å². The minimum absolute atomic E-state index is 0.201. The monoisotopic (exact) mass is 291 g/mol. The Balaban J connectivity index is 2.72. The summed E-state index contributed by atoms with van der Waals surface area (Å²) in [5, 5.41) is 2.53. The Morgan fingerprint density at radius 3 is 2.73 bits per heavy atom. The maximum Gasteiger partial charge on any atom is 0.397 e. The number of hydrogen-bond donors (Lipinski definition) is 0. The number of likely N-dealkylation sites (N-methyl/N-ethyl adjacent to an activating group) is 1. The molecule has 0 saturated heterocycles. The molecule has 0 aromatic carbocycles. The van der Waals surface area contributed by atoms with Crippen LogP contribution in [-0.4, -0.2) is 25.5 Å². The number of ether oxygens (including phenoxy) is 1. The standard InChI is InChI=1S/C9H10BrNO3S/c1-3-14-9(13)8(12)11(2)7-4-6(10)5-15-7/h4-5H,3H2,1-2H3. The minimum Gasteiger partial charge on any atom is -0.459 e. The second kappa shape index (κ2) is 5.27. The summed E-state index contributed by atoms with van der Waals surface area (Å²) in [4.78, 5) is 23.9. The normalized spacial score (nSPS) is 9.80. The molecule has 82 valence electrons. The van der Waals surface area contributed by atoms with Crippen LogP contribution in [0.3, 0.4) is 0 Å². The molecule has 1 amide bonds. The zero-order valence-electron chi connectivity index (χ0n) is 8.32. The number of halogens is 1. The van der Waals surface area contributed by atoms with Gasteiger partial charge in [0.2, 0.25) is 0 Å². The van der Waals surface area contributed by atoms with E-state index < -0.39 is 11.9 Å². The SMILES string of the molecule is CCOC(=O)C(=O)N(C)c1cc(Br)cs1. The molecule has 0 fully saturated rings. The first-order valence-corrected chi connectivity index (χ1v) is 5.92. The number of carbonyl (C=O) groups excluding carboxylic acids is 2. The van der Waals surface area contributed by atoms with E-state index in [2.05, 4.69) is 20.7 Å². The highest BCUT2D eigenvalue weighted by atomic mass is 79.9. The topological polar surface area (TPSA) is 46.6 Å². The molecule has 0 aliphatic carbocycles. The van der Waals surface area contributed by atoms with Crippen molar-refractivity contribution in [2.75, 3.05) is 18.6 Å². The van der Waals surface area contributed by atoms with Gasteiger partial charge >= 0.3 is 11.9 Å². The number of rotatable bonds is 2. The lowest BCUT2D eigenvalue weighted by atomic mass is 10.5. The molecule has 0 aliphatic heterocycles. The summed E-state index contributed by atoms with van der Waals surface area (Å²) >= 11 is 4.65. The maximum absolute atomic E-state index is 11.5. The summed E-state index contributed by atoms with van der Waals surface area (Å²) in [6, 6.07) is 1.77. The van der Waals surface area contributed by atoms with Gasteiger partial charge in [-0.15, -0.1) is 11.3 Å². The predicted molar refractivity (Wildman–Crippen MR) is 62.1 cm³/mol. The van der Waals surface area contributed by atoms with Gasteiger partial charge in [0, 0.05) is 16.9 Å². The van der Waals surface area contributed by atoms with Crippen molar-refractivity contribution in [2.24, 2.45) is 0 Å². The Morgan fingerprint density at radius 2 is 2.27 bits per heavy atom. The van der Waals surface area contributed by atoms with Crippen LogP contribution in [0.1, 0.15) is 6.92 Å². The summed E-state index contributed by atoms with van der Waals surface area (Å²) in [5.41, 5.74) is 0. The van der Waals surface area contributed by atoms with E-state index in [1.165, 1.54) is 23.3 Å². The van der Waals surface area contributed by atoms with Crippen molar-refractivity contribution in [1.82, 2.24) is 0 Å². The van der Waals surface area contributed by atoms with E-state index in [-0.39, 0.29) is 6.61 Å². The van der Waals surface area contributed by atoms with Crippen LogP contribution in [0, 0.1) is 0 Å². The Bertz CT molecular complexity index is 377. The Hall–Kier alpha value is -0.880. The number of esters is 1. The third-order valence-electron chi connectivity index (χ3n) is 1.64. The van der Waals surface area contributed by atoms with E-state index in [1.807, 2.05) is 5.38 Å². The van der Waals surface area contributed by atoms with Crippen LogP contribution in [0.4, 0.5) is 5.00 Å². The van der Waals surface area contributed by atoms with Crippen molar-refractivity contribution >= 4 is 44.1 Å². The van der Waals surface area contributed by atoms with E-state index in [0.717, 1.165) is 4.47 Å². The van der Waals surface area contributed by atoms with Gasteiger partial charge in [0.25, 0.3) is 0 Å². The van der Waals surface area contributed by atoms with Crippen LogP contribution in [0.5, 0.6) is 0 Å². The van der Waals surface area contributed by atoms with Gasteiger partial charge in [-0.2, -0.15) is 0 Å². The van der Waals surface area contributed by atoms with Crippen LogP contribution in [0.25, 0.3) is 0 Å². The van der Waals surface area contributed by atoms with E-state index in [1.54, 1.807) is 13.0 Å². The molecule has 0 bridgehead atoms. The van der Waals surface area contributed by atoms with Crippen molar-refractivity contribution < 1.29 is 14.3 Å². The van der Waals surface area contributed by atoms with Crippen LogP contribution in [0.2, 0.25) is 0 Å². The quantitative estimate of drug-likeness (QED) is 0.619. The summed E-state index contributed by atoms with van der Waals surface area (Å²) in [5.74, 6) is -1.49. The van der Waals surface area contributed by atoms with Crippen molar-refractivity contribution in [3.63, 3.8) is 0 Å². The Kier molecular flexibility index (Phi) is 4.28. The largest absolute Gasteiger partial charge is 0.459 e. The molecule has 0 saturated carbocycles. The number of thiophene rings is 1. The zero-order valence-corrected chi connectivity index (χ0v) is 10.7. The molecule has 1 aromatic heterocycles. The summed E-state index contributed by atoms with van der Waals surface area (Å²) in [6.07, 6.45) is 0.